The van der Waals surface area contributed by atoms with Crippen LogP contribution in [-0.4, -0.2) is 12.5 Å². The molecule has 0 fully saturated rings. The maximum absolute atomic E-state index is 11.3. The number of aryl methyl sites for hydroxylation is 1. The lowest BCUT2D eigenvalue weighted by Gasteiger charge is -2.03. The van der Waals surface area contributed by atoms with Crippen molar-refractivity contribution in [2.24, 2.45) is 5.84 Å². The van der Waals surface area contributed by atoms with Crippen molar-refractivity contribution in [2.45, 2.75) is 59.0 Å². The van der Waals surface area contributed by atoms with Gasteiger partial charge in [-0.15, -0.1) is 0 Å². The molecule has 0 bridgehead atoms. The van der Waals surface area contributed by atoms with Crippen LogP contribution in [0.5, 0.6) is 0 Å². The monoisotopic (exact) mass is 282 g/mol. The molecule has 0 aromatic carbocycles. The number of hydrogen-bond acceptors (Lipinski definition) is 4. The average molecular weight is 282 g/mol. The van der Waals surface area contributed by atoms with Gasteiger partial charge in [-0.2, -0.15) is 0 Å². The Kier molecular flexibility index (Phi) is 7.99. The second kappa shape index (κ2) is 9.55. The molecule has 1 aromatic heterocycles. The number of hydrazine groups is 1. The number of nitrogens with two attached hydrogens (primary N) is 1. The van der Waals surface area contributed by atoms with Crippen LogP contribution in [0.4, 0.5) is 0 Å². The van der Waals surface area contributed by atoms with Gasteiger partial charge in [0.15, 0.2) is 5.76 Å². The normalized spacial score (nSPS) is 10.8. The van der Waals surface area contributed by atoms with Crippen LogP contribution >= 0.6 is 0 Å². The van der Waals surface area contributed by atoms with Crippen molar-refractivity contribution < 1.29 is 13.9 Å². The van der Waals surface area contributed by atoms with Crippen LogP contribution in [0.3, 0.4) is 0 Å². The molecule has 0 aliphatic rings. The third-order valence-electron chi connectivity index (χ3n) is 3.28. The van der Waals surface area contributed by atoms with E-state index in [1.54, 1.807) is 6.07 Å². The van der Waals surface area contributed by atoms with E-state index in [4.69, 9.17) is 15.0 Å². The summed E-state index contributed by atoms with van der Waals surface area (Å²) in [6.45, 7) is 5.25. The second-order valence-electron chi connectivity index (χ2n) is 4.99. The zero-order chi connectivity index (χ0) is 14.8. The molecule has 114 valence electrons. The van der Waals surface area contributed by atoms with E-state index in [1.807, 2.05) is 12.3 Å². The predicted molar refractivity (Wildman–Crippen MR) is 78.1 cm³/mol. The van der Waals surface area contributed by atoms with E-state index < -0.39 is 5.91 Å². The fraction of sp³-hybridized carbons (Fsp3) is 0.667. The number of carbonyl (C=O) groups excluding carboxylic acids is 1. The molecule has 0 radical (unpaired) electrons. The number of nitrogen functional groups attached to an aromatic ring is 1. The molecule has 0 saturated heterocycles. The molecular formula is C15H26N2O3. The minimum Gasteiger partial charge on any atom is -0.456 e. The summed E-state index contributed by atoms with van der Waals surface area (Å²) in [6.07, 6.45) is 7.48. The Labute approximate surface area is 120 Å². The SMILES string of the molecule is CCCCCCCCOCc1cc(C(=O)NN)oc1C. The lowest BCUT2D eigenvalue weighted by molar-refractivity contribution is 0.0924. The number of rotatable bonds is 10. The van der Waals surface area contributed by atoms with E-state index in [0.717, 1.165) is 18.6 Å². The summed E-state index contributed by atoms with van der Waals surface area (Å²) < 4.78 is 10.9. The molecule has 0 aliphatic carbocycles. The zero-order valence-electron chi connectivity index (χ0n) is 12.5. The third kappa shape index (κ3) is 5.75. The smallest absolute Gasteiger partial charge is 0.300 e. The highest BCUT2D eigenvalue weighted by Gasteiger charge is 2.13. The van der Waals surface area contributed by atoms with Crippen LogP contribution in [0.15, 0.2) is 10.5 Å². The molecule has 20 heavy (non-hydrogen) atoms. The summed E-state index contributed by atoms with van der Waals surface area (Å²) in [6, 6.07) is 1.68. The second-order valence-corrected chi connectivity index (χ2v) is 4.99. The highest BCUT2D eigenvalue weighted by atomic mass is 16.5. The van der Waals surface area contributed by atoms with E-state index in [2.05, 4.69) is 6.92 Å². The maximum atomic E-state index is 11.3. The Morgan fingerprint density at radius 1 is 1.30 bits per heavy atom. The molecule has 0 spiro atoms. The zero-order valence-corrected chi connectivity index (χ0v) is 12.5. The highest BCUT2D eigenvalue weighted by molar-refractivity contribution is 5.91. The molecular weight excluding hydrogens is 256 g/mol. The minimum absolute atomic E-state index is 0.225. The standard InChI is InChI=1S/C15H26N2O3/c1-3-4-5-6-7-8-9-19-11-13-10-14(15(18)17-16)20-12(13)2/h10H,3-9,11,16H2,1-2H3,(H,17,18). The molecule has 0 aliphatic heterocycles. The first-order valence-electron chi connectivity index (χ1n) is 7.37. The first-order chi connectivity index (χ1) is 9.69. The molecule has 3 N–H and O–H groups in total. The summed E-state index contributed by atoms with van der Waals surface area (Å²) in [7, 11) is 0. The van der Waals surface area contributed by atoms with Crippen molar-refractivity contribution in [1.29, 1.82) is 0 Å². The summed E-state index contributed by atoms with van der Waals surface area (Å²) in [5.41, 5.74) is 2.95. The Bertz CT molecular complexity index is 402. The van der Waals surface area contributed by atoms with Crippen molar-refractivity contribution in [3.8, 4) is 0 Å². The molecule has 1 heterocycles. The number of ether oxygens (including phenoxy) is 1. The number of carbonyl (C=O) groups is 1. The predicted octanol–water partition coefficient (Wildman–Crippen LogP) is 3.07. The molecule has 1 rings (SSSR count). The van der Waals surface area contributed by atoms with Gasteiger partial charge in [0.05, 0.1) is 6.61 Å². The fourth-order valence-electron chi connectivity index (χ4n) is 2.01. The van der Waals surface area contributed by atoms with Crippen LogP contribution < -0.4 is 11.3 Å². The molecule has 5 heteroatoms. The van der Waals surface area contributed by atoms with E-state index in [1.165, 1.54) is 32.1 Å². The number of furan rings is 1. The van der Waals surface area contributed by atoms with Gasteiger partial charge in [0.1, 0.15) is 5.76 Å². The molecule has 0 atom stereocenters. The quantitative estimate of drug-likeness (QED) is 0.299. The molecule has 0 unspecified atom stereocenters. The Hall–Kier alpha value is -1.33. The Morgan fingerprint density at radius 2 is 2.00 bits per heavy atom. The molecule has 1 aromatic rings. The Balaban J connectivity index is 2.19. The number of unbranched alkanes of at least 4 members (excludes halogenated alkanes) is 5. The molecule has 0 saturated carbocycles. The van der Waals surface area contributed by atoms with Gasteiger partial charge in [-0.05, 0) is 19.4 Å². The summed E-state index contributed by atoms with van der Waals surface area (Å²) in [4.78, 5) is 11.3. The van der Waals surface area contributed by atoms with Crippen molar-refractivity contribution >= 4 is 5.91 Å². The van der Waals surface area contributed by atoms with Gasteiger partial charge in [0.25, 0.3) is 0 Å². The van der Waals surface area contributed by atoms with Gasteiger partial charge in [-0.3, -0.25) is 10.2 Å². The van der Waals surface area contributed by atoms with Gasteiger partial charge in [-0.1, -0.05) is 39.0 Å². The summed E-state index contributed by atoms with van der Waals surface area (Å²) in [5.74, 6) is 5.57. The van der Waals surface area contributed by atoms with E-state index >= 15 is 0 Å². The lowest BCUT2D eigenvalue weighted by Crippen LogP contribution is -2.29. The summed E-state index contributed by atoms with van der Waals surface area (Å²) in [5, 5.41) is 0. The molecule has 5 nitrogen and oxygen atoms in total. The van der Waals surface area contributed by atoms with E-state index in [-0.39, 0.29) is 5.76 Å². The van der Waals surface area contributed by atoms with Crippen LogP contribution in [0, 0.1) is 6.92 Å². The van der Waals surface area contributed by atoms with Gasteiger partial charge in [0, 0.05) is 12.2 Å². The van der Waals surface area contributed by atoms with Gasteiger partial charge < -0.3 is 9.15 Å². The lowest BCUT2D eigenvalue weighted by atomic mass is 10.1. The maximum Gasteiger partial charge on any atom is 0.300 e. The van der Waals surface area contributed by atoms with Crippen molar-refractivity contribution in [1.82, 2.24) is 5.43 Å². The molecule has 1 amide bonds. The number of nitrogens with one attached hydrogen (secondary N) is 1. The van der Waals surface area contributed by atoms with Crippen molar-refractivity contribution in [3.63, 3.8) is 0 Å². The van der Waals surface area contributed by atoms with Crippen molar-refractivity contribution in [2.75, 3.05) is 6.61 Å². The van der Waals surface area contributed by atoms with E-state index in [0.29, 0.717) is 12.4 Å². The average Bonchev–Trinajstić information content (AvgIpc) is 2.82. The van der Waals surface area contributed by atoms with Gasteiger partial charge in [0.2, 0.25) is 0 Å². The first-order valence-corrected chi connectivity index (χ1v) is 7.37. The minimum atomic E-state index is -0.421. The van der Waals surface area contributed by atoms with E-state index in [9.17, 15) is 4.79 Å². The Morgan fingerprint density at radius 3 is 2.70 bits per heavy atom. The summed E-state index contributed by atoms with van der Waals surface area (Å²) >= 11 is 0. The number of hydrogen-bond donors (Lipinski definition) is 2. The highest BCUT2D eigenvalue weighted by Crippen LogP contribution is 2.16. The van der Waals surface area contributed by atoms with Crippen LogP contribution in [-0.2, 0) is 11.3 Å². The van der Waals surface area contributed by atoms with Crippen molar-refractivity contribution in [3.05, 3.63) is 23.2 Å². The topological polar surface area (TPSA) is 77.5 Å². The largest absolute Gasteiger partial charge is 0.456 e. The number of amides is 1. The van der Waals surface area contributed by atoms with Crippen LogP contribution in [0.1, 0.15) is 67.3 Å². The third-order valence-corrected chi connectivity index (χ3v) is 3.28. The fourth-order valence-corrected chi connectivity index (χ4v) is 2.01. The van der Waals surface area contributed by atoms with Crippen LogP contribution in [0.2, 0.25) is 0 Å². The van der Waals surface area contributed by atoms with Gasteiger partial charge in [-0.25, -0.2) is 5.84 Å². The van der Waals surface area contributed by atoms with Crippen LogP contribution in [0.25, 0.3) is 0 Å². The first kappa shape index (κ1) is 16.7. The van der Waals surface area contributed by atoms with Gasteiger partial charge >= 0.3 is 5.91 Å².